The predicted octanol–water partition coefficient (Wildman–Crippen LogP) is 1.02. The Hall–Kier alpha value is -1.36. The molecule has 0 unspecified atom stereocenters. The van der Waals surface area contributed by atoms with Crippen LogP contribution in [0.5, 0.6) is 0 Å². The molecule has 1 N–H and O–H groups in total. The normalized spacial score (nSPS) is 10.7. The molecular weight excluding hydrogens is 176 g/mol. The molecule has 0 saturated heterocycles. The summed E-state index contributed by atoms with van der Waals surface area (Å²) in [5.74, 6) is -0.831. The number of rotatable bonds is 2. The molecule has 2 rings (SSSR count). The van der Waals surface area contributed by atoms with Crippen LogP contribution in [0.15, 0.2) is 17.8 Å². The van der Waals surface area contributed by atoms with Gasteiger partial charge in [-0.15, -0.1) is 11.3 Å². The van der Waals surface area contributed by atoms with Gasteiger partial charge in [-0.1, -0.05) is 0 Å². The Bertz CT molecular complexity index is 418. The maximum Gasteiger partial charge on any atom is 0.309 e. The molecule has 2 heterocycles. The summed E-state index contributed by atoms with van der Waals surface area (Å²) in [7, 11) is 0. The Kier molecular flexibility index (Phi) is 1.58. The van der Waals surface area contributed by atoms with Crippen LogP contribution in [0.25, 0.3) is 4.96 Å². The molecule has 0 atom stereocenters. The van der Waals surface area contributed by atoms with Crippen LogP contribution in [0, 0.1) is 0 Å². The second-order valence-electron chi connectivity index (χ2n) is 2.38. The summed E-state index contributed by atoms with van der Waals surface area (Å²) >= 11 is 1.49. The lowest BCUT2D eigenvalue weighted by molar-refractivity contribution is -0.136. The van der Waals surface area contributed by atoms with E-state index in [4.69, 9.17) is 5.11 Å². The standard InChI is InChI=1S/C7H6N2O2S/c10-6(11)3-5-4-8-7-9(5)1-2-12-7/h1-2,4H,3H2,(H,10,11). The molecular formula is C7H6N2O2S. The number of carboxylic acid groups (broad SMARTS) is 1. The average Bonchev–Trinajstić information content (AvgIpc) is 2.52. The van der Waals surface area contributed by atoms with Crippen LogP contribution in [0.2, 0.25) is 0 Å². The molecule has 2 aromatic heterocycles. The van der Waals surface area contributed by atoms with E-state index in [0.717, 1.165) is 10.7 Å². The van der Waals surface area contributed by atoms with Gasteiger partial charge in [-0.05, 0) is 0 Å². The Balaban J connectivity index is 2.47. The van der Waals surface area contributed by atoms with Gasteiger partial charge in [0.05, 0.1) is 18.3 Å². The number of aromatic nitrogens is 2. The predicted molar refractivity (Wildman–Crippen MR) is 44.4 cm³/mol. The third kappa shape index (κ3) is 1.08. The van der Waals surface area contributed by atoms with Crippen molar-refractivity contribution in [2.45, 2.75) is 6.42 Å². The fraction of sp³-hybridized carbons (Fsp3) is 0.143. The van der Waals surface area contributed by atoms with Crippen molar-refractivity contribution in [3.63, 3.8) is 0 Å². The first-order chi connectivity index (χ1) is 5.77. The van der Waals surface area contributed by atoms with Gasteiger partial charge < -0.3 is 5.11 Å². The first kappa shape index (κ1) is 7.30. The highest BCUT2D eigenvalue weighted by Gasteiger charge is 2.06. The minimum absolute atomic E-state index is 0.0257. The van der Waals surface area contributed by atoms with Crippen LogP contribution < -0.4 is 0 Å². The minimum atomic E-state index is -0.831. The molecule has 0 radical (unpaired) electrons. The molecule has 0 aliphatic carbocycles. The van der Waals surface area contributed by atoms with Crippen LogP contribution in [0.3, 0.4) is 0 Å². The molecule has 0 bridgehead atoms. The molecule has 5 heteroatoms. The summed E-state index contributed by atoms with van der Waals surface area (Å²) in [6, 6.07) is 0. The van der Waals surface area contributed by atoms with Crippen molar-refractivity contribution in [3.05, 3.63) is 23.5 Å². The zero-order chi connectivity index (χ0) is 8.55. The monoisotopic (exact) mass is 182 g/mol. The number of carboxylic acids is 1. The molecule has 0 aliphatic heterocycles. The first-order valence-electron chi connectivity index (χ1n) is 3.38. The smallest absolute Gasteiger partial charge is 0.309 e. The molecule has 0 aromatic carbocycles. The van der Waals surface area contributed by atoms with Gasteiger partial charge in [-0.2, -0.15) is 0 Å². The second kappa shape index (κ2) is 2.60. The van der Waals surface area contributed by atoms with Gasteiger partial charge >= 0.3 is 5.97 Å². The summed E-state index contributed by atoms with van der Waals surface area (Å²) in [4.78, 5) is 15.3. The van der Waals surface area contributed by atoms with Gasteiger partial charge in [0.1, 0.15) is 0 Å². The quantitative estimate of drug-likeness (QED) is 0.754. The van der Waals surface area contributed by atoms with Crippen LogP contribution in [0.4, 0.5) is 0 Å². The van der Waals surface area contributed by atoms with Crippen molar-refractivity contribution in [3.8, 4) is 0 Å². The maximum atomic E-state index is 10.4. The van der Waals surface area contributed by atoms with E-state index in [1.54, 1.807) is 10.6 Å². The Morgan fingerprint density at radius 1 is 1.75 bits per heavy atom. The fourth-order valence-corrected chi connectivity index (χ4v) is 1.77. The maximum absolute atomic E-state index is 10.4. The van der Waals surface area contributed by atoms with E-state index in [1.807, 2.05) is 11.6 Å². The zero-order valence-corrected chi connectivity index (χ0v) is 6.91. The Labute approximate surface area is 72.1 Å². The largest absolute Gasteiger partial charge is 0.481 e. The van der Waals surface area contributed by atoms with Gasteiger partial charge in [-0.3, -0.25) is 9.20 Å². The van der Waals surface area contributed by atoms with Crippen LogP contribution >= 0.6 is 11.3 Å². The number of thiazole rings is 1. The fourth-order valence-electron chi connectivity index (χ4n) is 1.06. The third-order valence-electron chi connectivity index (χ3n) is 1.56. The highest BCUT2D eigenvalue weighted by atomic mass is 32.1. The summed E-state index contributed by atoms with van der Waals surface area (Å²) in [5, 5.41) is 10.4. The summed E-state index contributed by atoms with van der Waals surface area (Å²) in [6.07, 6.45) is 3.45. The molecule has 0 spiro atoms. The molecule has 0 amide bonds. The lowest BCUT2D eigenvalue weighted by Gasteiger charge is -1.91. The van der Waals surface area contributed by atoms with Gasteiger partial charge in [0.15, 0.2) is 4.96 Å². The Morgan fingerprint density at radius 3 is 3.33 bits per heavy atom. The minimum Gasteiger partial charge on any atom is -0.481 e. The summed E-state index contributed by atoms with van der Waals surface area (Å²) in [6.45, 7) is 0. The van der Waals surface area contributed by atoms with Crippen LogP contribution in [0.1, 0.15) is 5.69 Å². The molecule has 0 fully saturated rings. The van der Waals surface area contributed by atoms with Gasteiger partial charge in [-0.25, -0.2) is 4.98 Å². The van der Waals surface area contributed by atoms with Gasteiger partial charge in [0.25, 0.3) is 0 Å². The second-order valence-corrected chi connectivity index (χ2v) is 3.25. The van der Waals surface area contributed by atoms with E-state index >= 15 is 0 Å². The van der Waals surface area contributed by atoms with Crippen molar-refractivity contribution in [2.24, 2.45) is 0 Å². The third-order valence-corrected chi connectivity index (χ3v) is 2.33. The number of carbonyl (C=O) groups is 1. The Morgan fingerprint density at radius 2 is 2.58 bits per heavy atom. The van der Waals surface area contributed by atoms with Gasteiger partial charge in [0, 0.05) is 11.6 Å². The highest BCUT2D eigenvalue weighted by molar-refractivity contribution is 7.15. The SMILES string of the molecule is O=C(O)Cc1cnc2sccn12. The summed E-state index contributed by atoms with van der Waals surface area (Å²) in [5.41, 5.74) is 0.721. The molecule has 62 valence electrons. The summed E-state index contributed by atoms with van der Waals surface area (Å²) < 4.78 is 1.79. The molecule has 4 nitrogen and oxygen atoms in total. The molecule has 0 aliphatic rings. The van der Waals surface area contributed by atoms with Crippen molar-refractivity contribution in [2.75, 3.05) is 0 Å². The highest BCUT2D eigenvalue weighted by Crippen LogP contribution is 2.12. The number of fused-ring (bicyclic) bond motifs is 1. The van der Waals surface area contributed by atoms with E-state index in [9.17, 15) is 4.79 Å². The zero-order valence-electron chi connectivity index (χ0n) is 6.10. The number of hydrogen-bond donors (Lipinski definition) is 1. The molecule has 2 aromatic rings. The number of hydrogen-bond acceptors (Lipinski definition) is 3. The molecule has 12 heavy (non-hydrogen) atoms. The lowest BCUT2D eigenvalue weighted by Crippen LogP contribution is -2.01. The van der Waals surface area contributed by atoms with E-state index in [-0.39, 0.29) is 6.42 Å². The first-order valence-corrected chi connectivity index (χ1v) is 4.26. The van der Waals surface area contributed by atoms with E-state index in [0.29, 0.717) is 0 Å². The lowest BCUT2D eigenvalue weighted by atomic mass is 10.3. The van der Waals surface area contributed by atoms with Crippen molar-refractivity contribution < 1.29 is 9.90 Å². The molecule has 0 saturated carbocycles. The number of imidazole rings is 1. The van der Waals surface area contributed by atoms with E-state index in [2.05, 4.69) is 4.98 Å². The van der Waals surface area contributed by atoms with E-state index in [1.165, 1.54) is 11.3 Å². The van der Waals surface area contributed by atoms with Crippen LogP contribution in [-0.2, 0) is 11.2 Å². The van der Waals surface area contributed by atoms with Crippen molar-refractivity contribution in [1.82, 2.24) is 9.38 Å². The van der Waals surface area contributed by atoms with Gasteiger partial charge in [0.2, 0.25) is 0 Å². The van der Waals surface area contributed by atoms with Crippen molar-refractivity contribution >= 4 is 22.3 Å². The van der Waals surface area contributed by atoms with E-state index < -0.39 is 5.97 Å². The number of nitrogens with zero attached hydrogens (tertiary/aromatic N) is 2. The van der Waals surface area contributed by atoms with Crippen molar-refractivity contribution in [1.29, 1.82) is 0 Å². The topological polar surface area (TPSA) is 54.6 Å². The number of aliphatic carboxylic acids is 1. The van der Waals surface area contributed by atoms with Crippen LogP contribution in [-0.4, -0.2) is 20.5 Å². The average molecular weight is 182 g/mol.